The van der Waals surface area contributed by atoms with Crippen LogP contribution in [-0.4, -0.2) is 41.5 Å². The third kappa shape index (κ3) is 5.03. The fourth-order valence-corrected chi connectivity index (χ4v) is 6.37. The molecule has 5 nitrogen and oxygen atoms in total. The zero-order chi connectivity index (χ0) is 25.1. The van der Waals surface area contributed by atoms with Gasteiger partial charge in [0.25, 0.3) is 0 Å². The molecule has 4 unspecified atom stereocenters. The molecule has 3 aromatic rings. The molecule has 1 amide bonds. The first-order valence-electron chi connectivity index (χ1n) is 13.3. The van der Waals surface area contributed by atoms with E-state index in [1.54, 1.807) is 0 Å². The number of hydrogen-bond donors (Lipinski definition) is 2. The lowest BCUT2D eigenvalue weighted by Gasteiger charge is -2.41. The Kier molecular flexibility index (Phi) is 7.38. The molecule has 1 saturated heterocycles. The van der Waals surface area contributed by atoms with Gasteiger partial charge in [-0.05, 0) is 60.5 Å². The number of amides is 1. The average molecular weight is 485 g/mol. The predicted molar refractivity (Wildman–Crippen MR) is 143 cm³/mol. The highest BCUT2D eigenvalue weighted by molar-refractivity contribution is 5.86. The number of carboxylic acids is 1. The van der Waals surface area contributed by atoms with E-state index >= 15 is 0 Å². The standard InChI is InChI=1S/C31H36N2O3/c1-21(25-14-7-12-22-11-5-6-13-26(22)25)32-19-24-17-18-33(20-29(24)23-9-3-2-4-10-23)30(34)27-15-8-16-28(27)31(35)36/h2-7,9-14,21,24,27-29,32H,8,15-20H2,1H3,(H,35,36)/t21-,24?,27?,28?,29?/m1/s1. The monoisotopic (exact) mass is 484 g/mol. The summed E-state index contributed by atoms with van der Waals surface area (Å²) >= 11 is 0. The van der Waals surface area contributed by atoms with E-state index in [9.17, 15) is 14.7 Å². The average Bonchev–Trinajstić information content (AvgIpc) is 3.42. The molecule has 1 heterocycles. The molecule has 5 atom stereocenters. The highest BCUT2D eigenvalue weighted by Crippen LogP contribution is 2.37. The van der Waals surface area contributed by atoms with E-state index < -0.39 is 11.9 Å². The highest BCUT2D eigenvalue weighted by atomic mass is 16.4. The van der Waals surface area contributed by atoms with Crippen molar-refractivity contribution < 1.29 is 14.7 Å². The second-order valence-corrected chi connectivity index (χ2v) is 10.5. The zero-order valence-electron chi connectivity index (χ0n) is 21.0. The molecule has 2 fully saturated rings. The minimum absolute atomic E-state index is 0.0383. The Hall–Kier alpha value is -3.18. The number of nitrogens with zero attached hydrogens (tertiary/aromatic N) is 1. The van der Waals surface area contributed by atoms with E-state index in [-0.39, 0.29) is 23.8 Å². The number of aliphatic carboxylic acids is 1. The van der Waals surface area contributed by atoms with Crippen LogP contribution < -0.4 is 5.32 Å². The molecule has 36 heavy (non-hydrogen) atoms. The summed E-state index contributed by atoms with van der Waals surface area (Å²) in [6.45, 7) is 4.44. The largest absolute Gasteiger partial charge is 0.481 e. The van der Waals surface area contributed by atoms with Crippen LogP contribution in [0.4, 0.5) is 0 Å². The van der Waals surface area contributed by atoms with Gasteiger partial charge >= 0.3 is 5.97 Å². The lowest BCUT2D eigenvalue weighted by molar-refractivity contribution is -0.149. The number of fused-ring (bicyclic) bond motifs is 1. The fraction of sp³-hybridized carbons (Fsp3) is 0.419. The Bertz CT molecular complexity index is 1210. The summed E-state index contributed by atoms with van der Waals surface area (Å²) in [4.78, 5) is 27.1. The first-order valence-corrected chi connectivity index (χ1v) is 13.3. The number of carbonyl (C=O) groups is 2. The van der Waals surface area contributed by atoms with Crippen molar-refractivity contribution in [1.29, 1.82) is 0 Å². The smallest absolute Gasteiger partial charge is 0.307 e. The molecule has 2 aliphatic rings. The number of hydrogen-bond acceptors (Lipinski definition) is 3. The number of likely N-dealkylation sites (tertiary alicyclic amines) is 1. The van der Waals surface area contributed by atoms with Gasteiger partial charge in [-0.3, -0.25) is 9.59 Å². The molecule has 0 radical (unpaired) electrons. The number of nitrogens with one attached hydrogen (secondary N) is 1. The summed E-state index contributed by atoms with van der Waals surface area (Å²) in [5.41, 5.74) is 2.55. The number of carboxylic acid groups (broad SMARTS) is 1. The van der Waals surface area contributed by atoms with Crippen molar-refractivity contribution in [3.8, 4) is 0 Å². The SMILES string of the molecule is C[C@@H](NCC1CCN(C(=O)C2CCCC2C(=O)O)CC1c1ccccc1)c1cccc2ccccc12. The van der Waals surface area contributed by atoms with Crippen molar-refractivity contribution >= 4 is 22.6 Å². The van der Waals surface area contributed by atoms with Gasteiger partial charge in [-0.15, -0.1) is 0 Å². The van der Waals surface area contributed by atoms with E-state index in [0.717, 1.165) is 19.4 Å². The van der Waals surface area contributed by atoms with E-state index in [4.69, 9.17) is 0 Å². The molecule has 0 bridgehead atoms. The summed E-state index contributed by atoms with van der Waals surface area (Å²) in [6, 6.07) is 25.7. The second-order valence-electron chi connectivity index (χ2n) is 10.5. The highest BCUT2D eigenvalue weighted by Gasteiger charge is 2.42. The van der Waals surface area contributed by atoms with Crippen LogP contribution in [0.15, 0.2) is 72.8 Å². The molecule has 0 spiro atoms. The van der Waals surface area contributed by atoms with E-state index in [1.165, 1.54) is 21.9 Å². The summed E-state index contributed by atoms with van der Waals surface area (Å²) in [5.74, 6) is -1.08. The van der Waals surface area contributed by atoms with Gasteiger partial charge in [-0.2, -0.15) is 0 Å². The van der Waals surface area contributed by atoms with Gasteiger partial charge in [-0.1, -0.05) is 79.2 Å². The van der Waals surface area contributed by atoms with Crippen LogP contribution >= 0.6 is 0 Å². The lowest BCUT2D eigenvalue weighted by atomic mass is 9.79. The van der Waals surface area contributed by atoms with Crippen LogP contribution in [0.25, 0.3) is 10.8 Å². The topological polar surface area (TPSA) is 69.6 Å². The number of carbonyl (C=O) groups excluding carboxylic acids is 1. The van der Waals surface area contributed by atoms with Gasteiger partial charge in [0.15, 0.2) is 0 Å². The minimum atomic E-state index is -0.827. The summed E-state index contributed by atoms with van der Waals surface area (Å²) in [6.07, 6.45) is 3.03. The van der Waals surface area contributed by atoms with E-state index in [1.807, 2.05) is 11.0 Å². The Balaban J connectivity index is 1.31. The van der Waals surface area contributed by atoms with Crippen LogP contribution in [-0.2, 0) is 9.59 Å². The molecule has 0 aromatic heterocycles. The number of piperidine rings is 1. The molecule has 1 aliphatic heterocycles. The second kappa shape index (κ2) is 10.8. The van der Waals surface area contributed by atoms with Gasteiger partial charge in [-0.25, -0.2) is 0 Å². The van der Waals surface area contributed by atoms with Crippen LogP contribution in [0.2, 0.25) is 0 Å². The Morgan fingerprint density at radius 2 is 1.67 bits per heavy atom. The molecule has 2 N–H and O–H groups in total. The normalized spacial score (nSPS) is 25.1. The van der Waals surface area contributed by atoms with E-state index in [0.29, 0.717) is 31.8 Å². The lowest BCUT2D eigenvalue weighted by Crippen LogP contribution is -2.48. The molecular formula is C31H36N2O3. The van der Waals surface area contributed by atoms with Crippen molar-refractivity contribution in [1.82, 2.24) is 10.2 Å². The van der Waals surface area contributed by atoms with Crippen LogP contribution in [0, 0.1) is 17.8 Å². The van der Waals surface area contributed by atoms with Crippen molar-refractivity contribution in [3.63, 3.8) is 0 Å². The first-order chi connectivity index (χ1) is 17.5. The third-order valence-electron chi connectivity index (χ3n) is 8.42. The summed E-state index contributed by atoms with van der Waals surface area (Å²) in [5, 5.41) is 15.9. The van der Waals surface area contributed by atoms with Gasteiger partial charge in [0.05, 0.1) is 11.8 Å². The minimum Gasteiger partial charge on any atom is -0.481 e. The molecule has 5 heteroatoms. The molecule has 5 rings (SSSR count). The van der Waals surface area contributed by atoms with Crippen molar-refractivity contribution in [2.24, 2.45) is 17.8 Å². The summed E-state index contributed by atoms with van der Waals surface area (Å²) < 4.78 is 0. The Morgan fingerprint density at radius 3 is 2.47 bits per heavy atom. The molecular weight excluding hydrogens is 448 g/mol. The van der Waals surface area contributed by atoms with E-state index in [2.05, 4.69) is 79.0 Å². The molecule has 3 aromatic carbocycles. The fourth-order valence-electron chi connectivity index (χ4n) is 6.37. The number of rotatable bonds is 7. The van der Waals surface area contributed by atoms with Crippen molar-refractivity contribution in [2.75, 3.05) is 19.6 Å². The van der Waals surface area contributed by atoms with Gasteiger partial charge in [0, 0.05) is 25.0 Å². The molecule has 1 saturated carbocycles. The van der Waals surface area contributed by atoms with Gasteiger partial charge in [0.2, 0.25) is 5.91 Å². The van der Waals surface area contributed by atoms with Crippen LogP contribution in [0.3, 0.4) is 0 Å². The molecule has 188 valence electrons. The predicted octanol–water partition coefficient (Wildman–Crippen LogP) is 5.62. The first kappa shape index (κ1) is 24.5. The molecule has 1 aliphatic carbocycles. The Labute approximate surface area is 213 Å². The summed E-state index contributed by atoms with van der Waals surface area (Å²) in [7, 11) is 0. The van der Waals surface area contributed by atoms with Crippen LogP contribution in [0.1, 0.15) is 55.7 Å². The Morgan fingerprint density at radius 1 is 0.944 bits per heavy atom. The van der Waals surface area contributed by atoms with Crippen LogP contribution in [0.5, 0.6) is 0 Å². The maximum atomic E-state index is 13.4. The maximum absolute atomic E-state index is 13.4. The van der Waals surface area contributed by atoms with Gasteiger partial charge < -0.3 is 15.3 Å². The maximum Gasteiger partial charge on any atom is 0.307 e. The van der Waals surface area contributed by atoms with Gasteiger partial charge in [0.1, 0.15) is 0 Å². The third-order valence-corrected chi connectivity index (χ3v) is 8.42. The zero-order valence-corrected chi connectivity index (χ0v) is 21.0. The quantitative estimate of drug-likeness (QED) is 0.456. The number of benzene rings is 3. The van der Waals surface area contributed by atoms with Crippen molar-refractivity contribution in [3.05, 3.63) is 83.9 Å². The van der Waals surface area contributed by atoms with Crippen molar-refractivity contribution in [2.45, 2.75) is 44.6 Å².